The summed E-state index contributed by atoms with van der Waals surface area (Å²) in [7, 11) is 0. The van der Waals surface area contributed by atoms with E-state index in [1.54, 1.807) is 10.8 Å². The molecule has 4 aromatic rings. The Morgan fingerprint density at radius 2 is 1.55 bits per heavy atom. The molecule has 1 heterocycles. The van der Waals surface area contributed by atoms with Gasteiger partial charge in [0.25, 0.3) is 0 Å². The highest BCUT2D eigenvalue weighted by atomic mass is 32.2. The van der Waals surface area contributed by atoms with Crippen molar-refractivity contribution in [2.75, 3.05) is 13.2 Å². The zero-order chi connectivity index (χ0) is 28.3. The van der Waals surface area contributed by atoms with Crippen molar-refractivity contribution in [3.63, 3.8) is 0 Å². The standard InChI is InChI=1S/C32H33NO6S/c1-2-28(32(36)37)40-29-21-33(22-30(34)35)31-24(9-8-12-27(29)31)16-13-23-14-17-26(18-15-23)39-20-7-6-19-38-25-10-4-3-5-11-25/h3-5,8-18,21,28H,2,6-7,19-20,22H2,1H3,(H,34,35)(H,36,37)/b16-13+. The lowest BCUT2D eigenvalue weighted by Crippen LogP contribution is -2.14. The Morgan fingerprint density at radius 1 is 0.875 bits per heavy atom. The van der Waals surface area contributed by atoms with Gasteiger partial charge in [0.05, 0.1) is 18.7 Å². The predicted octanol–water partition coefficient (Wildman–Crippen LogP) is 7.09. The van der Waals surface area contributed by atoms with E-state index in [-0.39, 0.29) is 6.54 Å². The van der Waals surface area contributed by atoms with Gasteiger partial charge in [0.2, 0.25) is 0 Å². The number of carboxylic acids is 2. The highest BCUT2D eigenvalue weighted by Gasteiger charge is 2.21. The molecule has 0 aliphatic heterocycles. The Bertz CT molecular complexity index is 1450. The minimum atomic E-state index is -0.961. The second-order valence-electron chi connectivity index (χ2n) is 9.23. The van der Waals surface area contributed by atoms with Crippen molar-refractivity contribution in [3.05, 3.63) is 90.1 Å². The van der Waals surface area contributed by atoms with E-state index in [2.05, 4.69) is 0 Å². The fraction of sp³-hybridized carbons (Fsp3) is 0.250. The normalized spacial score (nSPS) is 12.0. The van der Waals surface area contributed by atoms with Gasteiger partial charge in [-0.15, -0.1) is 11.8 Å². The van der Waals surface area contributed by atoms with Gasteiger partial charge in [-0.1, -0.05) is 67.6 Å². The average Bonchev–Trinajstić information content (AvgIpc) is 3.30. The Labute approximate surface area is 238 Å². The molecule has 0 bridgehead atoms. The van der Waals surface area contributed by atoms with Crippen LogP contribution in [0.25, 0.3) is 23.1 Å². The van der Waals surface area contributed by atoms with Crippen LogP contribution in [0.2, 0.25) is 0 Å². The third-order valence-corrected chi connectivity index (χ3v) is 7.67. The fourth-order valence-electron chi connectivity index (χ4n) is 4.28. The number of carbonyl (C=O) groups is 2. The van der Waals surface area contributed by atoms with E-state index in [4.69, 9.17) is 9.47 Å². The number of unbranched alkanes of at least 4 members (excludes halogenated alkanes) is 1. The zero-order valence-corrected chi connectivity index (χ0v) is 23.2. The number of benzene rings is 3. The van der Waals surface area contributed by atoms with Gasteiger partial charge in [0.15, 0.2) is 0 Å². The summed E-state index contributed by atoms with van der Waals surface area (Å²) >= 11 is 1.25. The summed E-state index contributed by atoms with van der Waals surface area (Å²) in [6, 6.07) is 23.3. The molecule has 7 nitrogen and oxygen atoms in total. The first-order valence-electron chi connectivity index (χ1n) is 13.3. The number of aliphatic carboxylic acids is 2. The molecule has 0 amide bonds. The number of para-hydroxylation sites is 2. The molecule has 1 atom stereocenters. The van der Waals surface area contributed by atoms with Crippen molar-refractivity contribution in [2.45, 2.75) is 42.9 Å². The Balaban J connectivity index is 1.39. The van der Waals surface area contributed by atoms with E-state index in [1.807, 2.05) is 91.9 Å². The van der Waals surface area contributed by atoms with Crippen molar-refractivity contribution >= 4 is 46.8 Å². The summed E-state index contributed by atoms with van der Waals surface area (Å²) in [6.45, 7) is 2.88. The van der Waals surface area contributed by atoms with Gasteiger partial charge in [-0.3, -0.25) is 9.59 Å². The first-order valence-corrected chi connectivity index (χ1v) is 14.1. The number of hydrogen-bond donors (Lipinski definition) is 2. The van der Waals surface area contributed by atoms with Crippen molar-refractivity contribution in [2.24, 2.45) is 0 Å². The van der Waals surface area contributed by atoms with Crippen LogP contribution in [-0.2, 0) is 16.1 Å². The maximum atomic E-state index is 11.6. The number of rotatable bonds is 15. The largest absolute Gasteiger partial charge is 0.494 e. The summed E-state index contributed by atoms with van der Waals surface area (Å²) < 4.78 is 13.2. The monoisotopic (exact) mass is 559 g/mol. The quantitative estimate of drug-likeness (QED) is 0.0911. The molecule has 0 aliphatic carbocycles. The number of carboxylic acid groups (broad SMARTS) is 2. The van der Waals surface area contributed by atoms with Gasteiger partial charge in [0, 0.05) is 16.5 Å². The number of aromatic nitrogens is 1. The summed E-state index contributed by atoms with van der Waals surface area (Å²) in [4.78, 5) is 23.9. The number of thioether (sulfide) groups is 1. The molecule has 3 aromatic carbocycles. The second kappa shape index (κ2) is 14.3. The molecule has 4 rings (SSSR count). The van der Waals surface area contributed by atoms with E-state index < -0.39 is 17.2 Å². The summed E-state index contributed by atoms with van der Waals surface area (Å²) in [6.07, 6.45) is 7.92. The molecule has 0 spiro atoms. The van der Waals surface area contributed by atoms with Crippen LogP contribution < -0.4 is 9.47 Å². The van der Waals surface area contributed by atoms with Crippen molar-refractivity contribution < 1.29 is 29.3 Å². The average molecular weight is 560 g/mol. The number of nitrogens with zero attached hydrogens (tertiary/aromatic N) is 1. The van der Waals surface area contributed by atoms with Crippen molar-refractivity contribution in [3.8, 4) is 11.5 Å². The van der Waals surface area contributed by atoms with Gasteiger partial charge in [-0.25, -0.2) is 0 Å². The highest BCUT2D eigenvalue weighted by molar-refractivity contribution is 8.00. The van der Waals surface area contributed by atoms with E-state index in [0.29, 0.717) is 19.6 Å². The lowest BCUT2D eigenvalue weighted by molar-refractivity contribution is -0.138. The minimum Gasteiger partial charge on any atom is -0.494 e. The van der Waals surface area contributed by atoms with Crippen LogP contribution in [0.5, 0.6) is 11.5 Å². The minimum absolute atomic E-state index is 0.212. The molecule has 1 unspecified atom stereocenters. The van der Waals surface area contributed by atoms with Crippen LogP contribution in [-0.4, -0.2) is 45.2 Å². The molecule has 0 radical (unpaired) electrons. The summed E-state index contributed by atoms with van der Waals surface area (Å²) in [5, 5.41) is 19.2. The first kappa shape index (κ1) is 28.8. The highest BCUT2D eigenvalue weighted by Crippen LogP contribution is 2.36. The number of fused-ring (bicyclic) bond motifs is 1. The van der Waals surface area contributed by atoms with Gasteiger partial charge in [-0.2, -0.15) is 0 Å². The second-order valence-corrected chi connectivity index (χ2v) is 10.5. The third-order valence-electron chi connectivity index (χ3n) is 6.27. The van der Waals surface area contributed by atoms with E-state index >= 15 is 0 Å². The lowest BCUT2D eigenvalue weighted by Gasteiger charge is -2.08. The Morgan fingerprint density at radius 3 is 2.17 bits per heavy atom. The molecule has 40 heavy (non-hydrogen) atoms. The van der Waals surface area contributed by atoms with Crippen molar-refractivity contribution in [1.29, 1.82) is 0 Å². The number of ether oxygens (including phenoxy) is 2. The molecular weight excluding hydrogens is 526 g/mol. The Kier molecular flexibility index (Phi) is 10.3. The van der Waals surface area contributed by atoms with Crippen molar-refractivity contribution in [1.82, 2.24) is 4.57 Å². The smallest absolute Gasteiger partial charge is 0.323 e. The molecule has 0 aliphatic rings. The molecule has 8 heteroatoms. The van der Waals surface area contributed by atoms with Gasteiger partial charge < -0.3 is 24.3 Å². The maximum Gasteiger partial charge on any atom is 0.323 e. The number of hydrogen-bond acceptors (Lipinski definition) is 5. The molecule has 0 fully saturated rings. The lowest BCUT2D eigenvalue weighted by atomic mass is 10.1. The van der Waals surface area contributed by atoms with Gasteiger partial charge in [0.1, 0.15) is 23.3 Å². The molecule has 1 aromatic heterocycles. The first-order chi connectivity index (χ1) is 19.4. The van der Waals surface area contributed by atoms with E-state index in [0.717, 1.165) is 51.3 Å². The van der Waals surface area contributed by atoms with E-state index in [9.17, 15) is 19.8 Å². The molecule has 2 N–H and O–H groups in total. The summed E-state index contributed by atoms with van der Waals surface area (Å²) in [5.74, 6) is -0.172. The third kappa shape index (κ3) is 7.93. The molecule has 208 valence electrons. The zero-order valence-electron chi connectivity index (χ0n) is 22.4. The predicted molar refractivity (Wildman–Crippen MR) is 159 cm³/mol. The van der Waals surface area contributed by atoms with Crippen LogP contribution in [0, 0.1) is 0 Å². The topological polar surface area (TPSA) is 98.0 Å². The van der Waals surface area contributed by atoms with Gasteiger partial charge in [-0.05, 0) is 54.7 Å². The molecular formula is C32H33NO6S. The fourth-order valence-corrected chi connectivity index (χ4v) is 5.33. The maximum absolute atomic E-state index is 11.6. The van der Waals surface area contributed by atoms with Crippen LogP contribution in [0.15, 0.2) is 83.9 Å². The van der Waals surface area contributed by atoms with Crippen LogP contribution >= 0.6 is 11.8 Å². The van der Waals surface area contributed by atoms with Crippen LogP contribution in [0.1, 0.15) is 37.3 Å². The Hall–Kier alpha value is -4.17. The summed E-state index contributed by atoms with van der Waals surface area (Å²) in [5.41, 5.74) is 2.59. The van der Waals surface area contributed by atoms with Crippen LogP contribution in [0.3, 0.4) is 0 Å². The van der Waals surface area contributed by atoms with Gasteiger partial charge >= 0.3 is 11.9 Å². The SMILES string of the molecule is CCC(Sc1cn(CC(=O)O)c2c(/C=C/c3ccc(OCCCCOc4ccccc4)cc3)cccc12)C(=O)O. The van der Waals surface area contributed by atoms with E-state index in [1.165, 1.54) is 11.8 Å². The van der Waals surface area contributed by atoms with Crippen LogP contribution in [0.4, 0.5) is 0 Å². The molecule has 0 saturated heterocycles. The molecule has 0 saturated carbocycles.